The second-order valence-electron chi connectivity index (χ2n) is 5.84. The van der Waals surface area contributed by atoms with Gasteiger partial charge in [0.1, 0.15) is 5.60 Å². The van der Waals surface area contributed by atoms with E-state index < -0.39 is 5.60 Å². The Morgan fingerprint density at radius 2 is 2.35 bits per heavy atom. The minimum atomic E-state index is -0.787. The van der Waals surface area contributed by atoms with Gasteiger partial charge in [-0.3, -0.25) is 0 Å². The lowest BCUT2D eigenvalue weighted by molar-refractivity contribution is -0.0686. The van der Waals surface area contributed by atoms with Crippen LogP contribution in [0.4, 0.5) is 0 Å². The number of aliphatic hydroxyl groups is 1. The van der Waals surface area contributed by atoms with Crippen molar-refractivity contribution >= 4 is 11.3 Å². The minimum absolute atomic E-state index is 0.137. The average Bonchev–Trinajstić information content (AvgIpc) is 2.85. The Balaban J connectivity index is 2.40. The van der Waals surface area contributed by atoms with Gasteiger partial charge in [0.05, 0.1) is 0 Å². The summed E-state index contributed by atoms with van der Waals surface area (Å²) in [5, 5.41) is 13.1. The lowest BCUT2D eigenvalue weighted by Crippen LogP contribution is -2.47. The molecule has 96 valence electrons. The summed E-state index contributed by atoms with van der Waals surface area (Å²) in [6, 6.07) is 2.08. The normalized spacial score (nSPS) is 32.6. The van der Waals surface area contributed by atoms with Gasteiger partial charge < -0.3 is 10.8 Å². The third kappa shape index (κ3) is 1.94. The van der Waals surface area contributed by atoms with Crippen molar-refractivity contribution in [2.45, 2.75) is 45.6 Å². The van der Waals surface area contributed by atoms with Crippen molar-refractivity contribution in [1.29, 1.82) is 0 Å². The summed E-state index contributed by atoms with van der Waals surface area (Å²) in [5.41, 5.74) is 6.28. The number of aryl methyl sites for hydroxylation is 1. The molecule has 1 aliphatic carbocycles. The lowest BCUT2D eigenvalue weighted by atomic mass is 9.69. The zero-order chi connectivity index (χ0) is 12.7. The van der Waals surface area contributed by atoms with Crippen LogP contribution in [0.3, 0.4) is 0 Å². The summed E-state index contributed by atoms with van der Waals surface area (Å²) >= 11 is 1.65. The van der Waals surface area contributed by atoms with Crippen molar-refractivity contribution in [3.63, 3.8) is 0 Å². The molecule has 1 aliphatic rings. The maximum Gasteiger partial charge on any atom is 0.103 e. The Labute approximate surface area is 108 Å². The predicted molar refractivity (Wildman–Crippen MR) is 73.1 cm³/mol. The Hall–Kier alpha value is -0.380. The van der Waals surface area contributed by atoms with E-state index in [9.17, 15) is 5.11 Å². The van der Waals surface area contributed by atoms with E-state index in [0.717, 1.165) is 17.7 Å². The van der Waals surface area contributed by atoms with Crippen LogP contribution in [0.25, 0.3) is 0 Å². The van der Waals surface area contributed by atoms with Crippen molar-refractivity contribution < 1.29 is 5.11 Å². The first-order chi connectivity index (χ1) is 7.93. The second-order valence-corrected chi connectivity index (χ2v) is 6.75. The molecule has 0 aromatic carbocycles. The van der Waals surface area contributed by atoms with Crippen molar-refractivity contribution in [3.8, 4) is 0 Å². The van der Waals surface area contributed by atoms with E-state index >= 15 is 0 Å². The lowest BCUT2D eigenvalue weighted by Gasteiger charge is -2.42. The van der Waals surface area contributed by atoms with E-state index in [1.54, 1.807) is 11.3 Å². The highest BCUT2D eigenvalue weighted by atomic mass is 32.1. The highest BCUT2D eigenvalue weighted by Crippen LogP contribution is 2.53. The number of rotatable bonds is 3. The van der Waals surface area contributed by atoms with Gasteiger partial charge in [-0.1, -0.05) is 6.92 Å². The summed E-state index contributed by atoms with van der Waals surface area (Å²) in [6.07, 6.45) is 3.25. The molecule has 1 aromatic heterocycles. The highest BCUT2D eigenvalue weighted by Gasteiger charge is 2.51. The van der Waals surface area contributed by atoms with E-state index in [4.69, 9.17) is 5.73 Å². The predicted octanol–water partition coefficient (Wildman–Crippen LogP) is 3.03. The van der Waals surface area contributed by atoms with Crippen molar-refractivity contribution in [3.05, 3.63) is 21.9 Å². The fourth-order valence-corrected chi connectivity index (χ4v) is 4.44. The van der Waals surface area contributed by atoms with Crippen LogP contribution >= 0.6 is 11.3 Å². The quantitative estimate of drug-likeness (QED) is 0.870. The van der Waals surface area contributed by atoms with Crippen LogP contribution in [0, 0.1) is 18.3 Å². The number of thiophene rings is 1. The molecule has 3 N–H and O–H groups in total. The number of hydrogen-bond acceptors (Lipinski definition) is 3. The zero-order valence-corrected chi connectivity index (χ0v) is 11.8. The molecule has 2 rings (SSSR count). The molecule has 17 heavy (non-hydrogen) atoms. The van der Waals surface area contributed by atoms with Crippen LogP contribution in [0.5, 0.6) is 0 Å². The first-order valence-corrected chi connectivity index (χ1v) is 7.28. The summed E-state index contributed by atoms with van der Waals surface area (Å²) in [4.78, 5) is 1.09. The van der Waals surface area contributed by atoms with Crippen molar-refractivity contribution in [1.82, 2.24) is 0 Å². The summed E-state index contributed by atoms with van der Waals surface area (Å²) in [7, 11) is 0. The van der Waals surface area contributed by atoms with E-state index in [2.05, 4.69) is 25.3 Å². The maximum atomic E-state index is 11.1. The monoisotopic (exact) mass is 253 g/mol. The topological polar surface area (TPSA) is 46.2 Å². The molecule has 0 bridgehead atoms. The Morgan fingerprint density at radius 3 is 2.76 bits per heavy atom. The second kappa shape index (κ2) is 4.38. The van der Waals surface area contributed by atoms with E-state index in [-0.39, 0.29) is 5.41 Å². The molecule has 2 nitrogen and oxygen atoms in total. The maximum absolute atomic E-state index is 11.1. The van der Waals surface area contributed by atoms with Gasteiger partial charge in [0.25, 0.3) is 0 Å². The SMILES string of the molecule is Cc1ccsc1C(C)(O)C1(CN)CCC(C)C1. The van der Waals surface area contributed by atoms with Gasteiger partial charge in [0.2, 0.25) is 0 Å². The number of nitrogens with two attached hydrogens (primary N) is 1. The Kier molecular flexibility index (Phi) is 3.36. The first kappa shape index (κ1) is 13.1. The molecule has 0 aliphatic heterocycles. The Bertz CT molecular complexity index is 399. The molecule has 3 atom stereocenters. The van der Waals surface area contributed by atoms with Crippen LogP contribution in [0.2, 0.25) is 0 Å². The van der Waals surface area contributed by atoms with Crippen molar-refractivity contribution in [2.75, 3.05) is 6.54 Å². The van der Waals surface area contributed by atoms with Crippen molar-refractivity contribution in [2.24, 2.45) is 17.1 Å². The number of hydrogen-bond donors (Lipinski definition) is 2. The molecule has 3 heteroatoms. The minimum Gasteiger partial charge on any atom is -0.384 e. The van der Waals surface area contributed by atoms with E-state index in [1.807, 2.05) is 6.92 Å². The molecule has 1 saturated carbocycles. The molecule has 1 aromatic rings. The van der Waals surface area contributed by atoms with Gasteiger partial charge in [0, 0.05) is 16.8 Å². The molecule has 0 radical (unpaired) electrons. The summed E-state index contributed by atoms with van der Waals surface area (Å²) < 4.78 is 0. The van der Waals surface area contributed by atoms with Crippen LogP contribution in [-0.4, -0.2) is 11.7 Å². The van der Waals surface area contributed by atoms with Gasteiger partial charge in [-0.25, -0.2) is 0 Å². The fourth-order valence-electron chi connectivity index (χ4n) is 3.33. The summed E-state index contributed by atoms with van der Waals surface area (Å²) in [6.45, 7) is 6.86. The van der Waals surface area contributed by atoms with Crippen LogP contribution in [-0.2, 0) is 5.60 Å². The molecule has 1 heterocycles. The summed E-state index contributed by atoms with van der Waals surface area (Å²) in [5.74, 6) is 0.672. The fraction of sp³-hybridized carbons (Fsp3) is 0.714. The largest absolute Gasteiger partial charge is 0.384 e. The zero-order valence-electron chi connectivity index (χ0n) is 11.0. The average molecular weight is 253 g/mol. The molecular weight excluding hydrogens is 230 g/mol. The molecule has 0 spiro atoms. The smallest absolute Gasteiger partial charge is 0.103 e. The molecular formula is C14H23NOS. The van der Waals surface area contributed by atoms with Gasteiger partial charge in [0.15, 0.2) is 0 Å². The van der Waals surface area contributed by atoms with Crippen LogP contribution < -0.4 is 5.73 Å². The standard InChI is InChI=1S/C14H23NOS/c1-10-4-6-14(8-10,9-15)13(3,16)12-11(2)5-7-17-12/h5,7,10,16H,4,6,8-9,15H2,1-3H3. The van der Waals surface area contributed by atoms with Crippen LogP contribution in [0.15, 0.2) is 11.4 Å². The Morgan fingerprint density at radius 1 is 1.65 bits per heavy atom. The van der Waals surface area contributed by atoms with E-state index in [1.165, 1.54) is 12.0 Å². The molecule has 1 fully saturated rings. The third-order valence-corrected chi connectivity index (χ3v) is 5.81. The third-order valence-electron chi connectivity index (χ3n) is 4.58. The molecule has 3 unspecified atom stereocenters. The van der Waals surface area contributed by atoms with Gasteiger partial charge >= 0.3 is 0 Å². The van der Waals surface area contributed by atoms with Crippen LogP contribution in [0.1, 0.15) is 43.6 Å². The van der Waals surface area contributed by atoms with Gasteiger partial charge in [-0.15, -0.1) is 11.3 Å². The van der Waals surface area contributed by atoms with E-state index in [0.29, 0.717) is 12.5 Å². The van der Waals surface area contributed by atoms with Gasteiger partial charge in [-0.05, 0) is 56.0 Å². The van der Waals surface area contributed by atoms with Gasteiger partial charge in [-0.2, -0.15) is 0 Å². The first-order valence-electron chi connectivity index (χ1n) is 6.40. The highest BCUT2D eigenvalue weighted by molar-refractivity contribution is 7.10. The molecule has 0 saturated heterocycles. The molecule has 0 amide bonds.